The van der Waals surface area contributed by atoms with Crippen LogP contribution in [-0.4, -0.2) is 74.8 Å². The van der Waals surface area contributed by atoms with Gasteiger partial charge in [-0.25, -0.2) is 4.79 Å². The number of aliphatic carboxylic acids is 1. The zero-order chi connectivity index (χ0) is 48.0. The van der Waals surface area contributed by atoms with Crippen LogP contribution in [0.25, 0.3) is 0 Å². The monoisotopic (exact) mass is 934 g/mol. The van der Waals surface area contributed by atoms with Gasteiger partial charge in [-0.05, 0) is 101 Å². The molecule has 0 aliphatic heterocycles. The summed E-state index contributed by atoms with van der Waals surface area (Å²) in [5.41, 5.74) is 6.44. The Balaban J connectivity index is 1.35. The van der Waals surface area contributed by atoms with E-state index in [9.17, 15) is 14.7 Å². The van der Waals surface area contributed by atoms with Crippen molar-refractivity contribution in [1.29, 1.82) is 0 Å². The van der Waals surface area contributed by atoms with Gasteiger partial charge >= 0.3 is 12.1 Å². The van der Waals surface area contributed by atoms with E-state index in [4.69, 9.17) is 4.74 Å². The smallest absolute Gasteiger partial charge is 0.410 e. The lowest BCUT2D eigenvalue weighted by atomic mass is 9.84. The van der Waals surface area contributed by atoms with Gasteiger partial charge in [-0.1, -0.05) is 188 Å². The molecule has 0 aliphatic carbocycles. The SMILES string of the molecule is CC(C)(C)OC(=O)N(CCN(CCCCCC(=O)O)CC(C)(C)SC(c1ccccc1)(c1ccccc1)c1ccccc1)CC(C)(C)SC(c1ccccc1)(c1ccccc1)c1ccccc1. The molecule has 352 valence electrons. The molecule has 8 heteroatoms. The Hall–Kier alpha value is -5.28. The molecule has 6 rings (SSSR count). The van der Waals surface area contributed by atoms with E-state index in [1.807, 2.05) is 49.2 Å². The van der Waals surface area contributed by atoms with Crippen LogP contribution in [0.1, 0.15) is 108 Å². The number of amides is 1. The first kappa shape index (κ1) is 51.1. The molecule has 67 heavy (non-hydrogen) atoms. The molecule has 0 unspecified atom stereocenters. The molecular formula is C59H70N2O4S2. The molecule has 0 fully saturated rings. The number of carbonyl (C=O) groups excluding carboxylic acids is 1. The van der Waals surface area contributed by atoms with Crippen molar-refractivity contribution in [3.63, 3.8) is 0 Å². The molecule has 0 aromatic heterocycles. The van der Waals surface area contributed by atoms with Gasteiger partial charge in [-0.2, -0.15) is 0 Å². The second kappa shape index (κ2) is 23.1. The normalized spacial score (nSPS) is 12.5. The molecule has 0 saturated carbocycles. The highest BCUT2D eigenvalue weighted by Crippen LogP contribution is 2.55. The maximum absolute atomic E-state index is 14.5. The van der Waals surface area contributed by atoms with E-state index in [2.05, 4.69) is 215 Å². The third-order valence-electron chi connectivity index (χ3n) is 11.8. The largest absolute Gasteiger partial charge is 0.481 e. The third kappa shape index (κ3) is 13.9. The van der Waals surface area contributed by atoms with Crippen LogP contribution in [0.2, 0.25) is 0 Å². The summed E-state index contributed by atoms with van der Waals surface area (Å²) in [6.45, 7) is 17.9. The Morgan fingerprint density at radius 1 is 0.448 bits per heavy atom. The fraction of sp³-hybridized carbons (Fsp3) is 0.356. The predicted octanol–water partition coefficient (Wildman–Crippen LogP) is 14.2. The van der Waals surface area contributed by atoms with Crippen LogP contribution in [-0.2, 0) is 19.0 Å². The minimum absolute atomic E-state index is 0.157. The van der Waals surface area contributed by atoms with Crippen LogP contribution in [0.5, 0.6) is 0 Å². The second-order valence-electron chi connectivity index (χ2n) is 19.7. The number of thioether (sulfide) groups is 2. The summed E-state index contributed by atoms with van der Waals surface area (Å²) < 4.78 is 4.32. The van der Waals surface area contributed by atoms with E-state index >= 15 is 0 Å². The van der Waals surface area contributed by atoms with Gasteiger partial charge in [0, 0.05) is 42.1 Å². The van der Waals surface area contributed by atoms with Crippen LogP contribution in [0.15, 0.2) is 182 Å². The van der Waals surface area contributed by atoms with Crippen LogP contribution >= 0.6 is 23.5 Å². The molecule has 0 heterocycles. The maximum atomic E-state index is 14.5. The molecule has 0 spiro atoms. The number of hydrogen-bond acceptors (Lipinski definition) is 6. The number of ether oxygens (including phenoxy) is 1. The van der Waals surface area contributed by atoms with Crippen molar-refractivity contribution >= 4 is 35.6 Å². The Morgan fingerprint density at radius 2 is 0.776 bits per heavy atom. The lowest BCUT2D eigenvalue weighted by molar-refractivity contribution is -0.137. The Morgan fingerprint density at radius 3 is 1.09 bits per heavy atom. The summed E-state index contributed by atoms with van der Waals surface area (Å²) >= 11 is 3.83. The molecule has 1 N–H and O–H groups in total. The number of carbonyl (C=O) groups is 2. The lowest BCUT2D eigenvalue weighted by Gasteiger charge is -2.44. The number of nitrogens with zero attached hydrogens (tertiary/aromatic N) is 2. The van der Waals surface area contributed by atoms with E-state index in [0.717, 1.165) is 25.9 Å². The molecule has 1 amide bonds. The summed E-state index contributed by atoms with van der Waals surface area (Å²) in [6.07, 6.45) is 2.10. The highest BCUT2D eigenvalue weighted by atomic mass is 32.2. The van der Waals surface area contributed by atoms with E-state index in [1.54, 1.807) is 0 Å². The number of hydrogen-bond donors (Lipinski definition) is 1. The van der Waals surface area contributed by atoms with Gasteiger partial charge in [0.1, 0.15) is 5.60 Å². The molecule has 6 nitrogen and oxygen atoms in total. The molecule has 0 bridgehead atoms. The van der Waals surface area contributed by atoms with Crippen molar-refractivity contribution in [3.8, 4) is 0 Å². The highest BCUT2D eigenvalue weighted by Gasteiger charge is 2.45. The molecular weight excluding hydrogens is 865 g/mol. The standard InChI is InChI=1S/C59H70N2O4S2/c1-55(2,3)65-54(64)61(46-57(6,7)67-59(50-35-21-11-22-36-50,51-37-23-12-24-38-51)52-39-25-13-26-40-52)44-43-60(42-28-14-27-41-53(62)63)45-56(4,5)66-58(47-29-15-8-16-30-47,48-31-17-9-18-32-48)49-33-19-10-20-34-49/h8-13,15-26,29-40H,14,27-28,41-46H2,1-7H3,(H,62,63). The third-order valence-corrected chi connectivity index (χ3v) is 15.2. The van der Waals surface area contributed by atoms with Gasteiger partial charge in [0.15, 0.2) is 0 Å². The Labute approximate surface area is 409 Å². The average molecular weight is 935 g/mol. The quantitative estimate of drug-likeness (QED) is 0.0507. The summed E-state index contributed by atoms with van der Waals surface area (Å²) in [5.74, 6) is -0.766. The minimum atomic E-state index is -0.766. The molecule has 6 aromatic carbocycles. The fourth-order valence-corrected chi connectivity index (χ4v) is 12.8. The van der Waals surface area contributed by atoms with E-state index in [0.29, 0.717) is 26.1 Å². The topological polar surface area (TPSA) is 70.1 Å². The van der Waals surface area contributed by atoms with Crippen molar-refractivity contribution in [2.24, 2.45) is 0 Å². The summed E-state index contributed by atoms with van der Waals surface area (Å²) in [6, 6.07) is 64.5. The summed E-state index contributed by atoms with van der Waals surface area (Å²) in [7, 11) is 0. The van der Waals surface area contributed by atoms with Crippen molar-refractivity contribution in [2.75, 3.05) is 32.7 Å². The average Bonchev–Trinajstić information content (AvgIpc) is 3.32. The van der Waals surface area contributed by atoms with Crippen LogP contribution < -0.4 is 0 Å². The molecule has 0 saturated heterocycles. The van der Waals surface area contributed by atoms with E-state index in [1.165, 1.54) is 33.4 Å². The Bertz CT molecular complexity index is 2220. The number of carboxylic acids is 1. The zero-order valence-corrected chi connectivity index (χ0v) is 42.2. The van der Waals surface area contributed by atoms with Crippen LogP contribution in [0.3, 0.4) is 0 Å². The van der Waals surface area contributed by atoms with Gasteiger partial charge in [-0.3, -0.25) is 4.79 Å². The van der Waals surface area contributed by atoms with Gasteiger partial charge in [0.05, 0.1) is 9.49 Å². The second-order valence-corrected chi connectivity index (χ2v) is 23.5. The number of rotatable bonds is 23. The van der Waals surface area contributed by atoms with E-state index < -0.39 is 25.8 Å². The molecule has 0 atom stereocenters. The number of benzene rings is 6. The predicted molar refractivity (Wildman–Crippen MR) is 282 cm³/mol. The molecule has 0 aliphatic rings. The number of carboxylic acid groups (broad SMARTS) is 1. The Kier molecular flexibility index (Phi) is 17.7. The summed E-state index contributed by atoms with van der Waals surface area (Å²) in [5, 5.41) is 9.44. The van der Waals surface area contributed by atoms with Crippen molar-refractivity contribution in [1.82, 2.24) is 9.80 Å². The summed E-state index contributed by atoms with van der Waals surface area (Å²) in [4.78, 5) is 30.4. The van der Waals surface area contributed by atoms with Gasteiger partial charge in [0.2, 0.25) is 0 Å². The number of unbranched alkanes of at least 4 members (excludes halogenated alkanes) is 2. The first-order valence-electron chi connectivity index (χ1n) is 23.7. The van der Waals surface area contributed by atoms with E-state index in [-0.39, 0.29) is 17.3 Å². The maximum Gasteiger partial charge on any atom is 0.410 e. The first-order chi connectivity index (χ1) is 32.0. The van der Waals surface area contributed by atoms with Gasteiger partial charge in [0.25, 0.3) is 0 Å². The zero-order valence-electron chi connectivity index (χ0n) is 40.6. The first-order valence-corrected chi connectivity index (χ1v) is 25.3. The van der Waals surface area contributed by atoms with Gasteiger partial charge in [-0.15, -0.1) is 23.5 Å². The van der Waals surface area contributed by atoms with Crippen LogP contribution in [0, 0.1) is 0 Å². The van der Waals surface area contributed by atoms with Crippen molar-refractivity contribution in [3.05, 3.63) is 215 Å². The van der Waals surface area contributed by atoms with Gasteiger partial charge < -0.3 is 19.6 Å². The molecule has 0 radical (unpaired) electrons. The highest BCUT2D eigenvalue weighted by molar-refractivity contribution is 8.02. The van der Waals surface area contributed by atoms with Crippen molar-refractivity contribution in [2.45, 2.75) is 98.7 Å². The van der Waals surface area contributed by atoms with Crippen LogP contribution in [0.4, 0.5) is 4.79 Å². The minimum Gasteiger partial charge on any atom is -0.481 e. The molecule has 6 aromatic rings. The lowest BCUT2D eigenvalue weighted by Crippen LogP contribution is -2.49. The van der Waals surface area contributed by atoms with Crippen molar-refractivity contribution < 1.29 is 19.4 Å². The fourth-order valence-electron chi connectivity index (χ4n) is 9.16.